The van der Waals surface area contributed by atoms with Crippen molar-refractivity contribution in [2.75, 3.05) is 0 Å². The molecule has 0 saturated carbocycles. The number of nitrogens with zero attached hydrogens (tertiary/aromatic N) is 1. The van der Waals surface area contributed by atoms with Crippen LogP contribution in [0.1, 0.15) is 24.0 Å². The van der Waals surface area contributed by atoms with Crippen LogP contribution in [0.25, 0.3) is 0 Å². The first-order valence-electron chi connectivity index (χ1n) is 13.5. The molecule has 3 radical (unpaired) electrons. The highest BCUT2D eigenvalue weighted by Crippen LogP contribution is 2.44. The average Bonchev–Trinajstić information content (AvgIpc) is 3.22. The van der Waals surface area contributed by atoms with Crippen molar-refractivity contribution in [3.63, 3.8) is 0 Å². The van der Waals surface area contributed by atoms with Gasteiger partial charge in [0.1, 0.15) is 6.61 Å². The van der Waals surface area contributed by atoms with Crippen molar-refractivity contribution in [1.82, 2.24) is 4.90 Å². The topological polar surface area (TPSA) is 38.8 Å². The van der Waals surface area contributed by atoms with Crippen LogP contribution in [0.5, 0.6) is 0 Å². The van der Waals surface area contributed by atoms with Crippen LogP contribution in [0.2, 0.25) is 0 Å². The number of rotatable bonds is 8. The SMILES string of the molecule is O=C(OCc1ccccc1)N1[C@@H]2C=C(Cc3ccccc3)[C@H]1C[C@@H](OP(c1ccccc1)c1ccccc1)C2.[B]. The van der Waals surface area contributed by atoms with Gasteiger partial charge in [-0.15, -0.1) is 0 Å². The lowest BCUT2D eigenvalue weighted by Gasteiger charge is -2.40. The van der Waals surface area contributed by atoms with Gasteiger partial charge < -0.3 is 9.26 Å². The van der Waals surface area contributed by atoms with Crippen LogP contribution in [0.15, 0.2) is 133 Å². The third-order valence-electron chi connectivity index (χ3n) is 7.42. The molecule has 1 saturated heterocycles. The van der Waals surface area contributed by atoms with Crippen LogP contribution in [-0.4, -0.2) is 37.6 Å². The van der Waals surface area contributed by atoms with E-state index >= 15 is 0 Å². The molecule has 4 nitrogen and oxygen atoms in total. The predicted octanol–water partition coefficient (Wildman–Crippen LogP) is 6.39. The summed E-state index contributed by atoms with van der Waals surface area (Å²) in [6.07, 6.45) is 4.41. The van der Waals surface area contributed by atoms with E-state index in [4.69, 9.17) is 9.26 Å². The zero-order chi connectivity index (χ0) is 26.4. The molecule has 0 aliphatic carbocycles. The van der Waals surface area contributed by atoms with Crippen LogP contribution in [0, 0.1) is 0 Å². The van der Waals surface area contributed by atoms with Gasteiger partial charge >= 0.3 is 6.09 Å². The van der Waals surface area contributed by atoms with E-state index in [-0.39, 0.29) is 39.3 Å². The molecule has 4 aromatic carbocycles. The van der Waals surface area contributed by atoms with Gasteiger partial charge in [0.15, 0.2) is 0 Å². The number of ether oxygens (including phenoxy) is 1. The first-order valence-corrected chi connectivity index (χ1v) is 14.8. The number of piperidine rings is 1. The van der Waals surface area contributed by atoms with Crippen molar-refractivity contribution in [2.45, 2.75) is 44.1 Å². The Morgan fingerprint density at radius 2 is 1.25 bits per heavy atom. The van der Waals surface area contributed by atoms with Gasteiger partial charge in [-0.2, -0.15) is 0 Å². The van der Waals surface area contributed by atoms with Gasteiger partial charge in [-0.3, -0.25) is 4.90 Å². The highest BCUT2D eigenvalue weighted by atomic mass is 31.1. The maximum atomic E-state index is 13.4. The smallest absolute Gasteiger partial charge is 0.411 e. The lowest BCUT2D eigenvalue weighted by atomic mass is 9.94. The molecule has 2 aliphatic rings. The van der Waals surface area contributed by atoms with E-state index in [1.807, 2.05) is 53.4 Å². The molecule has 1 amide bonds. The Hall–Kier alpha value is -3.66. The maximum absolute atomic E-state index is 13.4. The number of amides is 1. The van der Waals surface area contributed by atoms with Crippen LogP contribution < -0.4 is 10.6 Å². The molecule has 40 heavy (non-hydrogen) atoms. The van der Waals surface area contributed by atoms with Crippen molar-refractivity contribution >= 4 is 33.3 Å². The molecule has 4 aromatic rings. The molecule has 0 aromatic heterocycles. The largest absolute Gasteiger partial charge is 0.445 e. The van der Waals surface area contributed by atoms with Gasteiger partial charge in [-0.25, -0.2) is 4.79 Å². The predicted molar refractivity (Wildman–Crippen MR) is 163 cm³/mol. The molecule has 6 heteroatoms. The molecule has 0 N–H and O–H groups in total. The van der Waals surface area contributed by atoms with Gasteiger partial charge in [0.25, 0.3) is 0 Å². The average molecular weight is 544 g/mol. The number of carbonyl (C=O) groups is 1. The summed E-state index contributed by atoms with van der Waals surface area (Å²) in [5, 5.41) is 2.40. The molecular weight excluding hydrogens is 512 g/mol. The molecule has 0 spiro atoms. The fourth-order valence-corrected chi connectivity index (χ4v) is 7.50. The second-order valence-electron chi connectivity index (χ2n) is 10.1. The summed E-state index contributed by atoms with van der Waals surface area (Å²) < 4.78 is 12.8. The van der Waals surface area contributed by atoms with E-state index in [1.54, 1.807) is 0 Å². The summed E-state index contributed by atoms with van der Waals surface area (Å²) in [5.41, 5.74) is 3.52. The highest BCUT2D eigenvalue weighted by Gasteiger charge is 2.45. The zero-order valence-electron chi connectivity index (χ0n) is 22.4. The first kappa shape index (κ1) is 27.9. The Morgan fingerprint density at radius 1 is 0.725 bits per heavy atom. The summed E-state index contributed by atoms with van der Waals surface area (Å²) in [5.74, 6) is 0. The Morgan fingerprint density at radius 3 is 1.82 bits per heavy atom. The molecule has 3 atom stereocenters. The fourth-order valence-electron chi connectivity index (χ4n) is 5.61. The summed E-state index contributed by atoms with van der Waals surface area (Å²) in [6, 6.07) is 41.3. The molecule has 2 bridgehead atoms. The van der Waals surface area contributed by atoms with Crippen molar-refractivity contribution in [2.24, 2.45) is 0 Å². The minimum Gasteiger partial charge on any atom is -0.445 e. The Labute approximate surface area is 240 Å². The number of fused-ring (bicyclic) bond motifs is 2. The third-order valence-corrected chi connectivity index (χ3v) is 9.46. The third kappa shape index (κ3) is 6.38. The van der Waals surface area contributed by atoms with E-state index in [1.165, 1.54) is 21.7 Å². The molecule has 0 unspecified atom stereocenters. The molecule has 2 heterocycles. The van der Waals surface area contributed by atoms with Crippen molar-refractivity contribution in [1.29, 1.82) is 0 Å². The van der Waals surface area contributed by atoms with Crippen molar-refractivity contribution in [3.05, 3.63) is 144 Å². The molecule has 199 valence electrons. The van der Waals surface area contributed by atoms with Crippen LogP contribution in [-0.2, 0) is 22.3 Å². The van der Waals surface area contributed by atoms with Crippen LogP contribution >= 0.6 is 8.15 Å². The van der Waals surface area contributed by atoms with Gasteiger partial charge in [0, 0.05) is 19.0 Å². The standard InChI is InChI=1S/C34H32NO3P.B/c36-34(37-25-27-15-7-2-8-16-27)35-29-22-28(21-26-13-5-1-6-14-26)33(35)24-30(23-29)38-39(31-17-9-3-10-18-31)32-19-11-4-12-20-32;/h1-20,22,29-30,33H,21,23-25H2;/t29-,30+,33-;/m1./s1. The lowest BCUT2D eigenvalue weighted by molar-refractivity contribution is 0.0389. The quantitative estimate of drug-likeness (QED) is 0.147. The van der Waals surface area contributed by atoms with E-state index in [9.17, 15) is 4.79 Å². The lowest BCUT2D eigenvalue weighted by Crippen LogP contribution is -2.50. The summed E-state index contributed by atoms with van der Waals surface area (Å²) in [7, 11) is -0.971. The first-order chi connectivity index (χ1) is 19.2. The Bertz CT molecular complexity index is 1360. The van der Waals surface area contributed by atoms with Gasteiger partial charge in [0.05, 0.1) is 26.3 Å². The summed E-state index contributed by atoms with van der Waals surface area (Å²) >= 11 is 0. The molecule has 6 rings (SSSR count). The zero-order valence-corrected chi connectivity index (χ0v) is 23.3. The number of benzene rings is 4. The Kier molecular flexibility index (Phi) is 9.16. The van der Waals surface area contributed by atoms with Crippen molar-refractivity contribution < 1.29 is 14.1 Å². The van der Waals surface area contributed by atoms with E-state index in [2.05, 4.69) is 78.9 Å². The summed E-state index contributed by atoms with van der Waals surface area (Å²) in [4.78, 5) is 15.4. The van der Waals surface area contributed by atoms with E-state index in [0.29, 0.717) is 0 Å². The number of hydrogen-bond acceptors (Lipinski definition) is 3. The van der Waals surface area contributed by atoms with Gasteiger partial charge in [-0.05, 0) is 36.0 Å². The van der Waals surface area contributed by atoms with Crippen LogP contribution in [0.4, 0.5) is 4.79 Å². The minimum absolute atomic E-state index is 0. The molecular formula is C34H32BNO3P. The fraction of sp³-hybridized carbons (Fsp3) is 0.206. The second kappa shape index (κ2) is 13.1. The van der Waals surface area contributed by atoms with Gasteiger partial charge in [-0.1, -0.05) is 127 Å². The van der Waals surface area contributed by atoms with Crippen molar-refractivity contribution in [3.8, 4) is 0 Å². The molecule has 1 fully saturated rings. The van der Waals surface area contributed by atoms with Gasteiger partial charge in [0.2, 0.25) is 0 Å². The normalized spacial score (nSPS) is 19.6. The van der Waals surface area contributed by atoms with E-state index in [0.717, 1.165) is 24.8 Å². The monoisotopic (exact) mass is 544 g/mol. The summed E-state index contributed by atoms with van der Waals surface area (Å²) in [6.45, 7) is 0.275. The maximum Gasteiger partial charge on any atom is 0.411 e. The highest BCUT2D eigenvalue weighted by molar-refractivity contribution is 7.68. The number of hydrogen-bond donors (Lipinski definition) is 0. The van der Waals surface area contributed by atoms with Crippen LogP contribution in [0.3, 0.4) is 0 Å². The van der Waals surface area contributed by atoms with E-state index < -0.39 is 8.15 Å². The molecule has 2 aliphatic heterocycles. The number of carbonyl (C=O) groups excluding carboxylic acids is 1. The minimum atomic E-state index is -0.971. The second-order valence-corrected chi connectivity index (χ2v) is 11.9. The Balaban J connectivity index is 0.00000323.